The first kappa shape index (κ1) is 14.2. The van der Waals surface area contributed by atoms with Crippen molar-refractivity contribution < 1.29 is 14.2 Å². The molecular formula is C13H15N3O4. The maximum atomic E-state index is 10.8. The summed E-state index contributed by atoms with van der Waals surface area (Å²) in [6.07, 6.45) is 1.61. The van der Waals surface area contributed by atoms with Gasteiger partial charge in [-0.1, -0.05) is 17.3 Å². The molecule has 0 fully saturated rings. The molecule has 2 rings (SSSR count). The van der Waals surface area contributed by atoms with Crippen molar-refractivity contribution in [3.8, 4) is 11.3 Å². The maximum Gasteiger partial charge on any atom is 0.270 e. The molecule has 106 valence electrons. The largest absolute Gasteiger partial charge is 0.383 e. The highest BCUT2D eigenvalue weighted by molar-refractivity contribution is 5.63. The van der Waals surface area contributed by atoms with Gasteiger partial charge < -0.3 is 14.6 Å². The molecule has 0 saturated heterocycles. The smallest absolute Gasteiger partial charge is 0.270 e. The predicted molar refractivity (Wildman–Crippen MR) is 72.2 cm³/mol. The third-order valence-electron chi connectivity index (χ3n) is 2.76. The zero-order chi connectivity index (χ0) is 14.4. The number of ether oxygens (including phenoxy) is 1. The van der Waals surface area contributed by atoms with E-state index in [-0.39, 0.29) is 5.69 Å². The number of methoxy groups -OCH3 is 1. The summed E-state index contributed by atoms with van der Waals surface area (Å²) in [7, 11) is 1.63. The van der Waals surface area contributed by atoms with Crippen molar-refractivity contribution in [2.75, 3.05) is 20.3 Å². The van der Waals surface area contributed by atoms with Gasteiger partial charge >= 0.3 is 0 Å². The van der Waals surface area contributed by atoms with Crippen LogP contribution in [0, 0.1) is 10.1 Å². The minimum Gasteiger partial charge on any atom is -0.383 e. The number of aromatic nitrogens is 1. The number of nitro benzene ring substituents is 1. The molecule has 0 aliphatic rings. The number of nitrogens with one attached hydrogen (secondary N) is 1. The van der Waals surface area contributed by atoms with Gasteiger partial charge in [-0.05, 0) is 0 Å². The molecule has 1 aromatic carbocycles. The second-order valence-corrected chi connectivity index (χ2v) is 4.16. The Morgan fingerprint density at radius 1 is 1.50 bits per heavy atom. The van der Waals surface area contributed by atoms with Crippen LogP contribution in [0.4, 0.5) is 5.69 Å². The fourth-order valence-electron chi connectivity index (χ4n) is 1.78. The first-order valence-corrected chi connectivity index (χ1v) is 6.10. The first-order chi connectivity index (χ1) is 9.72. The van der Waals surface area contributed by atoms with Crippen LogP contribution in [0.15, 0.2) is 35.0 Å². The summed E-state index contributed by atoms with van der Waals surface area (Å²) >= 11 is 0. The highest BCUT2D eigenvalue weighted by Gasteiger charge is 2.13. The molecule has 7 heteroatoms. The average Bonchev–Trinajstić information content (AvgIpc) is 2.92. The Bertz CT molecular complexity index is 583. The van der Waals surface area contributed by atoms with Crippen molar-refractivity contribution in [3.05, 3.63) is 46.1 Å². The number of benzene rings is 1. The Labute approximate surface area is 115 Å². The summed E-state index contributed by atoms with van der Waals surface area (Å²) in [5, 5.41) is 17.7. The van der Waals surface area contributed by atoms with Crippen molar-refractivity contribution in [3.63, 3.8) is 0 Å². The fourth-order valence-corrected chi connectivity index (χ4v) is 1.78. The summed E-state index contributed by atoms with van der Waals surface area (Å²) in [5.41, 5.74) is 1.51. The number of nitrogens with zero attached hydrogens (tertiary/aromatic N) is 2. The molecule has 0 spiro atoms. The zero-order valence-electron chi connectivity index (χ0n) is 11.0. The number of hydrogen-bond donors (Lipinski definition) is 1. The number of rotatable bonds is 7. The second-order valence-electron chi connectivity index (χ2n) is 4.16. The first-order valence-electron chi connectivity index (χ1n) is 6.10. The lowest BCUT2D eigenvalue weighted by molar-refractivity contribution is -0.384. The standard InChI is InChI=1S/C13H15N3O4/c1-19-6-5-14-8-11-9-15-20-13(11)10-3-2-4-12(7-10)16(17)18/h2-4,7,9,14H,5-6,8H2,1H3. The summed E-state index contributed by atoms with van der Waals surface area (Å²) in [6.45, 7) is 1.87. The van der Waals surface area contributed by atoms with Crippen LogP contribution in [-0.2, 0) is 11.3 Å². The van der Waals surface area contributed by atoms with E-state index in [1.807, 2.05) is 0 Å². The summed E-state index contributed by atoms with van der Waals surface area (Å²) in [6, 6.07) is 6.29. The van der Waals surface area contributed by atoms with Crippen LogP contribution in [0.2, 0.25) is 0 Å². The lowest BCUT2D eigenvalue weighted by Crippen LogP contribution is -2.18. The van der Waals surface area contributed by atoms with Crippen molar-refractivity contribution in [1.29, 1.82) is 0 Å². The van der Waals surface area contributed by atoms with E-state index in [1.165, 1.54) is 12.1 Å². The SMILES string of the molecule is COCCNCc1cnoc1-c1cccc([N+](=O)[O-])c1. The Morgan fingerprint density at radius 3 is 3.10 bits per heavy atom. The van der Waals surface area contributed by atoms with Gasteiger partial charge in [0.15, 0.2) is 5.76 Å². The molecule has 0 aliphatic carbocycles. The maximum absolute atomic E-state index is 10.8. The predicted octanol–water partition coefficient (Wildman–Crippen LogP) is 1.99. The molecule has 0 saturated carbocycles. The number of hydrogen-bond acceptors (Lipinski definition) is 6. The molecule has 0 bridgehead atoms. The third-order valence-corrected chi connectivity index (χ3v) is 2.76. The van der Waals surface area contributed by atoms with Gasteiger partial charge in [-0.25, -0.2) is 0 Å². The van der Waals surface area contributed by atoms with Crippen LogP contribution in [0.5, 0.6) is 0 Å². The molecule has 1 heterocycles. The Kier molecular flexibility index (Phi) is 4.80. The van der Waals surface area contributed by atoms with Gasteiger partial charge in [0.1, 0.15) is 0 Å². The van der Waals surface area contributed by atoms with Crippen LogP contribution in [0.1, 0.15) is 5.56 Å². The molecule has 0 unspecified atom stereocenters. The fraction of sp³-hybridized carbons (Fsp3) is 0.308. The number of nitro groups is 1. The monoisotopic (exact) mass is 277 g/mol. The van der Waals surface area contributed by atoms with Gasteiger partial charge in [0.2, 0.25) is 0 Å². The average molecular weight is 277 g/mol. The van der Waals surface area contributed by atoms with Gasteiger partial charge in [0.25, 0.3) is 5.69 Å². The second kappa shape index (κ2) is 6.78. The van der Waals surface area contributed by atoms with Gasteiger partial charge in [-0.15, -0.1) is 0 Å². The molecule has 0 atom stereocenters. The van der Waals surface area contributed by atoms with Crippen molar-refractivity contribution in [1.82, 2.24) is 10.5 Å². The van der Waals surface area contributed by atoms with Crippen molar-refractivity contribution in [2.45, 2.75) is 6.54 Å². The number of non-ortho nitro benzene ring substituents is 1. The van der Waals surface area contributed by atoms with Gasteiger partial charge in [-0.3, -0.25) is 10.1 Å². The summed E-state index contributed by atoms with van der Waals surface area (Å²) in [5.74, 6) is 0.540. The van der Waals surface area contributed by atoms with Crippen LogP contribution in [0.25, 0.3) is 11.3 Å². The van der Waals surface area contributed by atoms with Gasteiger partial charge in [0, 0.05) is 43.5 Å². The van der Waals surface area contributed by atoms with E-state index in [4.69, 9.17) is 9.26 Å². The zero-order valence-corrected chi connectivity index (χ0v) is 11.0. The molecular weight excluding hydrogens is 262 g/mol. The quantitative estimate of drug-likeness (QED) is 0.473. The van der Waals surface area contributed by atoms with E-state index in [9.17, 15) is 10.1 Å². The third kappa shape index (κ3) is 3.40. The topological polar surface area (TPSA) is 90.4 Å². The Morgan fingerprint density at radius 2 is 2.35 bits per heavy atom. The van der Waals surface area contributed by atoms with Crippen LogP contribution in [-0.4, -0.2) is 30.3 Å². The lowest BCUT2D eigenvalue weighted by Gasteiger charge is -2.04. The minimum atomic E-state index is -0.434. The molecule has 20 heavy (non-hydrogen) atoms. The van der Waals surface area contributed by atoms with E-state index in [0.717, 1.165) is 5.56 Å². The van der Waals surface area contributed by atoms with E-state index in [1.54, 1.807) is 25.4 Å². The van der Waals surface area contributed by atoms with E-state index >= 15 is 0 Å². The van der Waals surface area contributed by atoms with Gasteiger partial charge in [-0.2, -0.15) is 0 Å². The van der Waals surface area contributed by atoms with Crippen LogP contribution >= 0.6 is 0 Å². The lowest BCUT2D eigenvalue weighted by atomic mass is 10.1. The molecule has 7 nitrogen and oxygen atoms in total. The van der Waals surface area contributed by atoms with E-state index in [0.29, 0.717) is 31.0 Å². The molecule has 0 aliphatic heterocycles. The van der Waals surface area contributed by atoms with Crippen molar-refractivity contribution >= 4 is 5.69 Å². The Hall–Kier alpha value is -2.25. The highest BCUT2D eigenvalue weighted by Crippen LogP contribution is 2.26. The van der Waals surface area contributed by atoms with E-state index in [2.05, 4.69) is 10.5 Å². The minimum absolute atomic E-state index is 0.0252. The van der Waals surface area contributed by atoms with Crippen molar-refractivity contribution in [2.24, 2.45) is 0 Å². The highest BCUT2D eigenvalue weighted by atomic mass is 16.6. The Balaban J connectivity index is 2.14. The normalized spacial score (nSPS) is 10.7. The van der Waals surface area contributed by atoms with E-state index < -0.39 is 4.92 Å². The summed E-state index contributed by atoms with van der Waals surface area (Å²) in [4.78, 5) is 10.4. The molecule has 2 aromatic rings. The van der Waals surface area contributed by atoms with Gasteiger partial charge in [0.05, 0.1) is 17.7 Å². The molecule has 0 radical (unpaired) electrons. The van der Waals surface area contributed by atoms with Crippen LogP contribution < -0.4 is 5.32 Å². The molecule has 1 aromatic heterocycles. The molecule has 0 amide bonds. The molecule has 1 N–H and O–H groups in total. The summed E-state index contributed by atoms with van der Waals surface area (Å²) < 4.78 is 10.1. The van der Waals surface area contributed by atoms with Crippen LogP contribution in [0.3, 0.4) is 0 Å².